The number of nitrogens with zero attached hydrogens (tertiary/aromatic N) is 1. The zero-order chi connectivity index (χ0) is 20.6. The highest BCUT2D eigenvalue weighted by Crippen LogP contribution is 2.38. The molecular weight excluding hydrogens is 388 g/mol. The molecule has 0 aliphatic carbocycles. The molecule has 2 aliphatic rings. The van der Waals surface area contributed by atoms with Gasteiger partial charge in [0.25, 0.3) is 5.91 Å². The second-order valence-electron chi connectivity index (χ2n) is 7.68. The summed E-state index contributed by atoms with van der Waals surface area (Å²) in [5.41, 5.74) is 0.209. The van der Waals surface area contributed by atoms with Gasteiger partial charge in [0.05, 0.1) is 11.6 Å². The third-order valence-electron chi connectivity index (χ3n) is 4.37. The third kappa shape index (κ3) is 4.11. The van der Waals surface area contributed by atoms with Crippen molar-refractivity contribution in [3.05, 3.63) is 28.3 Å². The Morgan fingerprint density at radius 2 is 2.00 bits per heavy atom. The van der Waals surface area contributed by atoms with Gasteiger partial charge in [-0.25, -0.2) is 4.79 Å². The molecule has 1 aromatic rings. The Balaban J connectivity index is 1.79. The minimum atomic E-state index is -0.741. The molecule has 1 fully saturated rings. The van der Waals surface area contributed by atoms with E-state index in [-0.39, 0.29) is 48.6 Å². The first kappa shape index (κ1) is 20.1. The van der Waals surface area contributed by atoms with Crippen LogP contribution in [-0.4, -0.2) is 46.8 Å². The molecule has 28 heavy (non-hydrogen) atoms. The van der Waals surface area contributed by atoms with Crippen LogP contribution in [-0.2, 0) is 25.7 Å². The Kier molecular flexibility index (Phi) is 5.34. The molecule has 1 N–H and O–H groups in total. The SMILES string of the molecule is CC(C)(C)OC(=O)COc1c(Cl)ccc2c1CN(C1CCC(=O)NC1=O)C2=O. The fraction of sp³-hybridized carbons (Fsp3) is 0.474. The maximum absolute atomic E-state index is 12.8. The van der Waals surface area contributed by atoms with E-state index in [0.29, 0.717) is 11.1 Å². The number of rotatable bonds is 4. The van der Waals surface area contributed by atoms with E-state index >= 15 is 0 Å². The van der Waals surface area contributed by atoms with Crippen LogP contribution in [0.2, 0.25) is 5.02 Å². The molecule has 8 nitrogen and oxygen atoms in total. The van der Waals surface area contributed by atoms with E-state index < -0.39 is 23.5 Å². The van der Waals surface area contributed by atoms with Crippen molar-refractivity contribution in [2.75, 3.05) is 6.61 Å². The third-order valence-corrected chi connectivity index (χ3v) is 4.67. The van der Waals surface area contributed by atoms with E-state index in [0.717, 1.165) is 0 Å². The van der Waals surface area contributed by atoms with Gasteiger partial charge in [0.2, 0.25) is 11.8 Å². The van der Waals surface area contributed by atoms with Crippen molar-refractivity contribution in [2.45, 2.75) is 51.8 Å². The summed E-state index contributed by atoms with van der Waals surface area (Å²) in [7, 11) is 0. The summed E-state index contributed by atoms with van der Waals surface area (Å²) >= 11 is 6.22. The minimum Gasteiger partial charge on any atom is -0.480 e. The summed E-state index contributed by atoms with van der Waals surface area (Å²) in [4.78, 5) is 49.6. The highest BCUT2D eigenvalue weighted by Gasteiger charge is 2.40. The highest BCUT2D eigenvalue weighted by molar-refractivity contribution is 6.32. The van der Waals surface area contributed by atoms with E-state index in [1.807, 2.05) is 0 Å². The second-order valence-corrected chi connectivity index (χ2v) is 8.08. The molecule has 1 unspecified atom stereocenters. The molecule has 1 atom stereocenters. The van der Waals surface area contributed by atoms with Crippen molar-refractivity contribution in [2.24, 2.45) is 0 Å². The number of halogens is 1. The molecule has 0 spiro atoms. The maximum atomic E-state index is 12.8. The van der Waals surface area contributed by atoms with Crippen molar-refractivity contribution < 1.29 is 28.7 Å². The fourth-order valence-corrected chi connectivity index (χ4v) is 3.47. The first-order valence-electron chi connectivity index (χ1n) is 8.87. The molecule has 3 amide bonds. The van der Waals surface area contributed by atoms with Gasteiger partial charge in [-0.05, 0) is 39.3 Å². The van der Waals surface area contributed by atoms with Gasteiger partial charge in [-0.2, -0.15) is 0 Å². The Hall–Kier alpha value is -2.61. The summed E-state index contributed by atoms with van der Waals surface area (Å²) in [5, 5.41) is 2.50. The van der Waals surface area contributed by atoms with Gasteiger partial charge in [-0.15, -0.1) is 0 Å². The van der Waals surface area contributed by atoms with Gasteiger partial charge in [-0.1, -0.05) is 11.6 Å². The van der Waals surface area contributed by atoms with Crippen LogP contribution >= 0.6 is 11.6 Å². The molecule has 1 aromatic carbocycles. The summed E-state index contributed by atoms with van der Waals surface area (Å²) in [6, 6.07) is 2.33. The summed E-state index contributed by atoms with van der Waals surface area (Å²) in [6.45, 7) is 4.97. The van der Waals surface area contributed by atoms with Crippen LogP contribution in [0.1, 0.15) is 49.5 Å². The van der Waals surface area contributed by atoms with Crippen molar-refractivity contribution in [1.82, 2.24) is 10.2 Å². The monoisotopic (exact) mass is 408 g/mol. The van der Waals surface area contributed by atoms with Gasteiger partial charge in [0.1, 0.15) is 17.4 Å². The number of carbonyl (C=O) groups is 4. The van der Waals surface area contributed by atoms with Crippen LogP contribution in [0.4, 0.5) is 0 Å². The molecule has 3 rings (SSSR count). The lowest BCUT2D eigenvalue weighted by atomic mass is 10.0. The van der Waals surface area contributed by atoms with Gasteiger partial charge in [0, 0.05) is 17.5 Å². The number of carbonyl (C=O) groups excluding carboxylic acids is 4. The molecule has 2 heterocycles. The normalized spacial score (nSPS) is 19.4. The molecule has 9 heteroatoms. The molecule has 0 aromatic heterocycles. The van der Waals surface area contributed by atoms with Crippen LogP contribution < -0.4 is 10.1 Å². The zero-order valence-corrected chi connectivity index (χ0v) is 16.6. The van der Waals surface area contributed by atoms with E-state index in [9.17, 15) is 19.2 Å². The van der Waals surface area contributed by atoms with Crippen LogP contribution in [0.15, 0.2) is 12.1 Å². The number of imide groups is 1. The van der Waals surface area contributed by atoms with E-state index in [1.165, 1.54) is 11.0 Å². The number of benzene rings is 1. The summed E-state index contributed by atoms with van der Waals surface area (Å²) in [6.07, 6.45) is 0.422. The van der Waals surface area contributed by atoms with Gasteiger partial charge < -0.3 is 14.4 Å². The number of nitrogens with one attached hydrogen (secondary N) is 1. The van der Waals surface area contributed by atoms with Crippen LogP contribution in [0, 0.1) is 0 Å². The molecule has 1 saturated heterocycles. The van der Waals surface area contributed by atoms with Crippen LogP contribution in [0.3, 0.4) is 0 Å². The number of esters is 1. The number of hydrogen-bond donors (Lipinski definition) is 1. The largest absolute Gasteiger partial charge is 0.480 e. The van der Waals surface area contributed by atoms with Crippen molar-refractivity contribution in [3.63, 3.8) is 0 Å². The predicted molar refractivity (Wildman–Crippen MR) is 98.8 cm³/mol. The van der Waals surface area contributed by atoms with Crippen LogP contribution in [0.5, 0.6) is 5.75 Å². The average Bonchev–Trinajstić information content (AvgIpc) is 2.89. The highest BCUT2D eigenvalue weighted by atomic mass is 35.5. The fourth-order valence-electron chi connectivity index (χ4n) is 3.24. The van der Waals surface area contributed by atoms with E-state index in [1.54, 1.807) is 26.8 Å². The Morgan fingerprint density at radius 3 is 2.64 bits per heavy atom. The van der Waals surface area contributed by atoms with Crippen molar-refractivity contribution >= 4 is 35.3 Å². The molecule has 0 saturated carbocycles. The number of piperidine rings is 1. The number of fused-ring (bicyclic) bond motifs is 1. The lowest BCUT2D eigenvalue weighted by Crippen LogP contribution is -2.52. The molecule has 150 valence electrons. The van der Waals surface area contributed by atoms with Gasteiger partial charge in [0.15, 0.2) is 6.61 Å². The minimum absolute atomic E-state index is 0.102. The number of hydrogen-bond acceptors (Lipinski definition) is 6. The molecule has 2 aliphatic heterocycles. The Labute approximate surface area is 167 Å². The predicted octanol–water partition coefficient (Wildman–Crippen LogP) is 1.82. The lowest BCUT2D eigenvalue weighted by Gasteiger charge is -2.29. The summed E-state index contributed by atoms with van der Waals surface area (Å²) in [5.74, 6) is -1.54. The smallest absolute Gasteiger partial charge is 0.344 e. The average molecular weight is 409 g/mol. The lowest BCUT2D eigenvalue weighted by molar-refractivity contribution is -0.157. The first-order chi connectivity index (χ1) is 13.1. The molecule has 0 bridgehead atoms. The Bertz CT molecular complexity index is 861. The van der Waals surface area contributed by atoms with Gasteiger partial charge >= 0.3 is 5.97 Å². The van der Waals surface area contributed by atoms with Crippen LogP contribution in [0.25, 0.3) is 0 Å². The van der Waals surface area contributed by atoms with Crippen molar-refractivity contribution in [3.8, 4) is 5.75 Å². The maximum Gasteiger partial charge on any atom is 0.344 e. The van der Waals surface area contributed by atoms with Gasteiger partial charge in [-0.3, -0.25) is 19.7 Å². The quantitative estimate of drug-likeness (QED) is 0.602. The summed E-state index contributed by atoms with van der Waals surface area (Å²) < 4.78 is 10.8. The number of ether oxygens (including phenoxy) is 2. The van der Waals surface area contributed by atoms with E-state index in [4.69, 9.17) is 21.1 Å². The Morgan fingerprint density at radius 1 is 1.29 bits per heavy atom. The van der Waals surface area contributed by atoms with E-state index in [2.05, 4.69) is 5.32 Å². The first-order valence-corrected chi connectivity index (χ1v) is 9.25. The topological polar surface area (TPSA) is 102 Å². The number of amides is 3. The second kappa shape index (κ2) is 7.43. The molecular formula is C19H21ClN2O6. The van der Waals surface area contributed by atoms with Crippen molar-refractivity contribution in [1.29, 1.82) is 0 Å². The zero-order valence-electron chi connectivity index (χ0n) is 15.8. The molecule has 0 radical (unpaired) electrons. The standard InChI is InChI=1S/C19H21ClN2O6/c1-19(2,3)28-15(24)9-27-16-11-8-22(13-6-7-14(23)21-17(13)25)18(26)10(11)4-5-12(16)20/h4-5,13H,6-9H2,1-3H3,(H,21,23,25).